The highest BCUT2D eigenvalue weighted by atomic mass is 19.1. The number of benzene rings is 1. The number of H-pyrrole nitrogens is 1. The van der Waals surface area contributed by atoms with Gasteiger partial charge in [-0.15, -0.1) is 0 Å². The Balaban J connectivity index is 1.67. The van der Waals surface area contributed by atoms with E-state index in [2.05, 4.69) is 27.4 Å². The number of carbonyl (C=O) groups excluding carboxylic acids is 1. The van der Waals surface area contributed by atoms with E-state index in [0.717, 1.165) is 18.5 Å². The third-order valence-electron chi connectivity index (χ3n) is 3.68. The molecule has 1 aromatic carbocycles. The molecule has 0 radical (unpaired) electrons. The summed E-state index contributed by atoms with van der Waals surface area (Å²) < 4.78 is 18.9. The van der Waals surface area contributed by atoms with Gasteiger partial charge < -0.3 is 10.1 Å². The van der Waals surface area contributed by atoms with Crippen LogP contribution in [-0.2, 0) is 13.0 Å². The van der Waals surface area contributed by atoms with E-state index in [9.17, 15) is 9.18 Å². The van der Waals surface area contributed by atoms with Gasteiger partial charge in [-0.05, 0) is 30.7 Å². The van der Waals surface area contributed by atoms with Gasteiger partial charge in [0.25, 0.3) is 5.91 Å². The van der Waals surface area contributed by atoms with Crippen LogP contribution in [0.2, 0.25) is 0 Å². The predicted octanol–water partition coefficient (Wildman–Crippen LogP) is 3.62. The van der Waals surface area contributed by atoms with Gasteiger partial charge in [0.2, 0.25) is 5.88 Å². The lowest BCUT2D eigenvalue weighted by Crippen LogP contribution is -2.23. The number of nitrogens with one attached hydrogen (secondary N) is 2. The minimum absolute atomic E-state index is 0.216. The number of hydrogen-bond donors (Lipinski definition) is 2. The molecule has 0 aliphatic heterocycles. The average molecular weight is 354 g/mol. The van der Waals surface area contributed by atoms with Crippen LogP contribution in [-0.4, -0.2) is 21.1 Å². The van der Waals surface area contributed by atoms with Gasteiger partial charge in [-0.3, -0.25) is 9.89 Å². The zero-order chi connectivity index (χ0) is 18.4. The van der Waals surface area contributed by atoms with Crippen LogP contribution < -0.4 is 10.1 Å². The van der Waals surface area contributed by atoms with E-state index in [1.165, 1.54) is 12.1 Å². The minimum Gasteiger partial charge on any atom is -0.439 e. The van der Waals surface area contributed by atoms with Crippen molar-refractivity contribution in [3.05, 3.63) is 71.4 Å². The van der Waals surface area contributed by atoms with Crippen LogP contribution in [0, 0.1) is 5.82 Å². The summed E-state index contributed by atoms with van der Waals surface area (Å²) >= 11 is 0. The Morgan fingerprint density at radius 3 is 2.96 bits per heavy atom. The smallest absolute Gasteiger partial charge is 0.272 e. The van der Waals surface area contributed by atoms with Crippen LogP contribution in [0.3, 0.4) is 0 Å². The second-order valence-electron chi connectivity index (χ2n) is 5.74. The Kier molecular flexibility index (Phi) is 5.58. The highest BCUT2D eigenvalue weighted by Crippen LogP contribution is 2.23. The lowest BCUT2D eigenvalue weighted by Gasteiger charge is -2.10. The summed E-state index contributed by atoms with van der Waals surface area (Å²) in [6.45, 7) is 2.27. The van der Waals surface area contributed by atoms with Gasteiger partial charge in [-0.1, -0.05) is 25.5 Å². The lowest BCUT2D eigenvalue weighted by atomic mass is 10.2. The molecule has 0 atom stereocenters. The highest BCUT2D eigenvalue weighted by molar-refractivity contribution is 5.92. The molecule has 3 rings (SSSR count). The Hall–Kier alpha value is -3.22. The molecule has 2 heterocycles. The zero-order valence-corrected chi connectivity index (χ0v) is 14.3. The molecule has 6 nitrogen and oxygen atoms in total. The number of aromatic amines is 1. The van der Waals surface area contributed by atoms with Gasteiger partial charge in [0.15, 0.2) is 0 Å². The van der Waals surface area contributed by atoms with Crippen molar-refractivity contribution in [3.8, 4) is 11.6 Å². The lowest BCUT2D eigenvalue weighted by molar-refractivity contribution is 0.0945. The number of amides is 1. The molecule has 3 aromatic rings. The molecule has 2 aromatic heterocycles. The average Bonchev–Trinajstić information content (AvgIpc) is 3.10. The maximum Gasteiger partial charge on any atom is 0.272 e. The molecular weight excluding hydrogens is 335 g/mol. The second kappa shape index (κ2) is 8.24. The van der Waals surface area contributed by atoms with Crippen LogP contribution in [0.1, 0.15) is 35.1 Å². The summed E-state index contributed by atoms with van der Waals surface area (Å²) in [5.74, 6) is -0.0289. The summed E-state index contributed by atoms with van der Waals surface area (Å²) in [6, 6.07) is 11.1. The van der Waals surface area contributed by atoms with Crippen molar-refractivity contribution < 1.29 is 13.9 Å². The molecule has 0 aliphatic rings. The monoisotopic (exact) mass is 354 g/mol. The van der Waals surface area contributed by atoms with Gasteiger partial charge in [-0.25, -0.2) is 9.37 Å². The molecule has 0 saturated heterocycles. The number of hydrogen-bond acceptors (Lipinski definition) is 4. The molecule has 134 valence electrons. The Morgan fingerprint density at radius 2 is 2.15 bits per heavy atom. The van der Waals surface area contributed by atoms with E-state index in [-0.39, 0.29) is 12.5 Å². The summed E-state index contributed by atoms with van der Waals surface area (Å²) in [6.07, 6.45) is 3.39. The number of carbonyl (C=O) groups is 1. The van der Waals surface area contributed by atoms with Gasteiger partial charge in [0, 0.05) is 30.1 Å². The third-order valence-corrected chi connectivity index (χ3v) is 3.68. The number of nitrogens with zero attached hydrogens (tertiary/aromatic N) is 2. The molecule has 0 spiro atoms. The standard InChI is InChI=1S/C19H19FN4O2/c1-2-5-15-11-17(24-23-15)18(25)22-12-13-6-4-9-21-19(13)26-16-8-3-7-14(20)10-16/h3-4,6-11H,2,5,12H2,1H3,(H,22,25)(H,23,24). The van der Waals surface area contributed by atoms with E-state index >= 15 is 0 Å². The number of ether oxygens (including phenoxy) is 1. The molecule has 0 saturated carbocycles. The van der Waals surface area contributed by atoms with Crippen LogP contribution in [0.4, 0.5) is 4.39 Å². The highest BCUT2D eigenvalue weighted by Gasteiger charge is 2.12. The van der Waals surface area contributed by atoms with Crippen LogP contribution in [0.25, 0.3) is 0 Å². The van der Waals surface area contributed by atoms with Gasteiger partial charge >= 0.3 is 0 Å². The number of pyridine rings is 1. The summed E-state index contributed by atoms with van der Waals surface area (Å²) in [5.41, 5.74) is 1.94. The van der Waals surface area contributed by atoms with Crippen LogP contribution in [0.15, 0.2) is 48.7 Å². The normalized spacial score (nSPS) is 10.5. The van der Waals surface area contributed by atoms with E-state index in [1.54, 1.807) is 36.5 Å². The molecule has 0 aliphatic carbocycles. The number of halogens is 1. The van der Waals surface area contributed by atoms with E-state index < -0.39 is 5.82 Å². The number of aromatic nitrogens is 3. The molecule has 7 heteroatoms. The Labute approximate surface area is 150 Å². The van der Waals surface area contributed by atoms with Crippen LogP contribution >= 0.6 is 0 Å². The van der Waals surface area contributed by atoms with Crippen molar-refractivity contribution in [2.45, 2.75) is 26.3 Å². The second-order valence-corrected chi connectivity index (χ2v) is 5.74. The van der Waals surface area contributed by atoms with Crippen molar-refractivity contribution in [2.24, 2.45) is 0 Å². The van der Waals surface area contributed by atoms with Gasteiger partial charge in [0.05, 0.1) is 0 Å². The molecule has 0 unspecified atom stereocenters. The van der Waals surface area contributed by atoms with Crippen molar-refractivity contribution in [1.82, 2.24) is 20.5 Å². The van der Waals surface area contributed by atoms with Gasteiger partial charge in [0.1, 0.15) is 17.3 Å². The van der Waals surface area contributed by atoms with Crippen LogP contribution in [0.5, 0.6) is 11.6 Å². The topological polar surface area (TPSA) is 79.9 Å². The molecule has 1 amide bonds. The zero-order valence-electron chi connectivity index (χ0n) is 14.3. The molecular formula is C19H19FN4O2. The largest absolute Gasteiger partial charge is 0.439 e. The van der Waals surface area contributed by atoms with Crippen molar-refractivity contribution in [3.63, 3.8) is 0 Å². The first-order valence-electron chi connectivity index (χ1n) is 8.35. The van der Waals surface area contributed by atoms with E-state index in [0.29, 0.717) is 22.9 Å². The van der Waals surface area contributed by atoms with Crippen molar-refractivity contribution >= 4 is 5.91 Å². The van der Waals surface area contributed by atoms with Gasteiger partial charge in [-0.2, -0.15) is 5.10 Å². The Bertz CT molecular complexity index is 895. The quantitative estimate of drug-likeness (QED) is 0.679. The fraction of sp³-hybridized carbons (Fsp3) is 0.211. The SMILES string of the molecule is CCCc1cc(C(=O)NCc2cccnc2Oc2cccc(F)c2)n[nH]1. The minimum atomic E-state index is -0.394. The van der Waals surface area contributed by atoms with E-state index in [4.69, 9.17) is 4.74 Å². The number of aryl methyl sites for hydroxylation is 1. The Morgan fingerprint density at radius 1 is 1.27 bits per heavy atom. The molecule has 2 N–H and O–H groups in total. The first-order chi connectivity index (χ1) is 12.7. The fourth-order valence-electron chi connectivity index (χ4n) is 2.43. The van der Waals surface area contributed by atoms with Crippen molar-refractivity contribution in [1.29, 1.82) is 0 Å². The maximum atomic E-state index is 13.3. The molecule has 26 heavy (non-hydrogen) atoms. The van der Waals surface area contributed by atoms with E-state index in [1.807, 2.05) is 0 Å². The summed E-state index contributed by atoms with van der Waals surface area (Å²) in [5, 5.41) is 9.67. The number of rotatable bonds is 7. The third kappa shape index (κ3) is 4.44. The maximum absolute atomic E-state index is 13.3. The molecule has 0 bridgehead atoms. The fourth-order valence-corrected chi connectivity index (χ4v) is 2.43. The predicted molar refractivity (Wildman–Crippen MR) is 94.5 cm³/mol. The van der Waals surface area contributed by atoms with Crippen molar-refractivity contribution in [2.75, 3.05) is 0 Å². The molecule has 0 fully saturated rings. The summed E-state index contributed by atoms with van der Waals surface area (Å²) in [7, 11) is 0. The first kappa shape index (κ1) is 17.6. The first-order valence-corrected chi connectivity index (χ1v) is 8.35. The summed E-state index contributed by atoms with van der Waals surface area (Å²) in [4.78, 5) is 16.4.